The van der Waals surface area contributed by atoms with Crippen molar-refractivity contribution < 1.29 is 4.79 Å². The van der Waals surface area contributed by atoms with Crippen molar-refractivity contribution in [1.29, 1.82) is 0 Å². The Hall–Kier alpha value is 0.0200. The molecule has 0 spiro atoms. The van der Waals surface area contributed by atoms with E-state index in [0.717, 1.165) is 25.0 Å². The quantitative estimate of drug-likeness (QED) is 0.536. The van der Waals surface area contributed by atoms with Gasteiger partial charge in [-0.25, -0.2) is 0 Å². The van der Waals surface area contributed by atoms with E-state index in [0.29, 0.717) is 0 Å². The van der Waals surface area contributed by atoms with Gasteiger partial charge in [-0.2, -0.15) is 11.8 Å². The molecule has 0 aromatic carbocycles. The zero-order valence-electron chi connectivity index (χ0n) is 4.80. The van der Waals surface area contributed by atoms with E-state index in [-0.39, 0.29) is 0 Å². The first kappa shape index (κ1) is 6.14. The second kappa shape index (κ2) is 3.13. The Bertz CT molecular complexity index is 78.6. The maximum atomic E-state index is 9.84. The first-order valence-corrected chi connectivity index (χ1v) is 4.10. The summed E-state index contributed by atoms with van der Waals surface area (Å²) in [7, 11) is 0. The molecule has 1 fully saturated rings. The van der Waals surface area contributed by atoms with E-state index in [2.05, 4.69) is 0 Å². The van der Waals surface area contributed by atoms with Gasteiger partial charge in [0.2, 0.25) is 0 Å². The number of carbonyl (C=O) groups is 1. The molecule has 1 rings (SSSR count). The second-order valence-corrected chi connectivity index (χ2v) is 3.22. The van der Waals surface area contributed by atoms with Crippen molar-refractivity contribution in [3.05, 3.63) is 0 Å². The summed E-state index contributed by atoms with van der Waals surface area (Å²) >= 11 is 1.98. The number of hydrogen-bond acceptors (Lipinski definition) is 2. The van der Waals surface area contributed by atoms with E-state index in [1.54, 1.807) is 0 Å². The van der Waals surface area contributed by atoms with Gasteiger partial charge in [0.1, 0.15) is 6.29 Å². The Morgan fingerprint density at radius 1 is 1.62 bits per heavy atom. The lowest BCUT2D eigenvalue weighted by Gasteiger charge is -2.23. The van der Waals surface area contributed by atoms with Crippen LogP contribution in [-0.2, 0) is 4.79 Å². The zero-order chi connectivity index (χ0) is 5.82. The summed E-state index contributed by atoms with van der Waals surface area (Å²) in [6, 6.07) is 0. The number of carbonyl (C=O) groups excluding carboxylic acids is 1. The molecular formula is C6H10OS. The Morgan fingerprint density at radius 3 is 2.75 bits per heavy atom. The molecule has 0 atom stereocenters. The van der Waals surface area contributed by atoms with Crippen LogP contribution < -0.4 is 0 Å². The molecule has 0 aromatic heterocycles. The minimum Gasteiger partial charge on any atom is -0.303 e. The number of hydrogen-bond donors (Lipinski definition) is 0. The fourth-order valence-corrected chi connectivity index (χ4v) is 1.66. The van der Waals surface area contributed by atoms with Gasteiger partial charge < -0.3 is 4.79 Å². The van der Waals surface area contributed by atoms with Gasteiger partial charge in [0.25, 0.3) is 0 Å². The smallest absolute Gasteiger partial charge is 0.120 e. The molecule has 1 aliphatic heterocycles. The van der Waals surface area contributed by atoms with Crippen LogP contribution in [0.2, 0.25) is 0 Å². The van der Waals surface area contributed by atoms with Crippen molar-refractivity contribution >= 4 is 18.0 Å². The van der Waals surface area contributed by atoms with Gasteiger partial charge in [-0.1, -0.05) is 0 Å². The molecule has 1 heterocycles. The minimum absolute atomic E-state index is 0.769. The van der Waals surface area contributed by atoms with E-state index in [1.165, 1.54) is 11.5 Å². The molecule has 0 saturated carbocycles. The van der Waals surface area contributed by atoms with E-state index < -0.39 is 0 Å². The Kier molecular flexibility index (Phi) is 2.40. The lowest BCUT2D eigenvalue weighted by atomic mass is 10.1. The van der Waals surface area contributed by atoms with Crippen molar-refractivity contribution in [1.82, 2.24) is 0 Å². The molecule has 0 N–H and O–H groups in total. The molecule has 1 aliphatic rings. The van der Waals surface area contributed by atoms with Crippen LogP contribution >= 0.6 is 11.8 Å². The monoisotopic (exact) mass is 130 g/mol. The molecule has 0 bridgehead atoms. The van der Waals surface area contributed by atoms with Crippen LogP contribution in [0.1, 0.15) is 12.8 Å². The second-order valence-electron chi connectivity index (χ2n) is 2.15. The van der Waals surface area contributed by atoms with Gasteiger partial charge in [-0.3, -0.25) is 0 Å². The van der Waals surface area contributed by atoms with E-state index in [1.807, 2.05) is 11.8 Å². The molecule has 0 radical (unpaired) electrons. The fourth-order valence-electron chi connectivity index (χ4n) is 0.755. The molecule has 0 amide bonds. The molecule has 1 saturated heterocycles. The summed E-state index contributed by atoms with van der Waals surface area (Å²) in [5.74, 6) is 3.44. The Morgan fingerprint density at radius 2 is 2.38 bits per heavy atom. The fraction of sp³-hybridized carbons (Fsp3) is 0.833. The number of rotatable bonds is 3. The van der Waals surface area contributed by atoms with Crippen LogP contribution in [-0.4, -0.2) is 17.8 Å². The largest absolute Gasteiger partial charge is 0.303 e. The summed E-state index contributed by atoms with van der Waals surface area (Å²) in [6.45, 7) is 0. The van der Waals surface area contributed by atoms with Crippen molar-refractivity contribution in [3.63, 3.8) is 0 Å². The van der Waals surface area contributed by atoms with Crippen molar-refractivity contribution in [2.75, 3.05) is 11.5 Å². The molecule has 0 unspecified atom stereocenters. The third kappa shape index (κ3) is 1.51. The lowest BCUT2D eigenvalue weighted by Crippen LogP contribution is -2.17. The predicted molar refractivity (Wildman–Crippen MR) is 36.1 cm³/mol. The van der Waals surface area contributed by atoms with E-state index in [4.69, 9.17) is 0 Å². The van der Waals surface area contributed by atoms with Gasteiger partial charge in [0, 0.05) is 6.42 Å². The van der Waals surface area contributed by atoms with Gasteiger partial charge in [-0.15, -0.1) is 0 Å². The van der Waals surface area contributed by atoms with Crippen LogP contribution in [0, 0.1) is 5.92 Å². The van der Waals surface area contributed by atoms with Crippen LogP contribution in [0.3, 0.4) is 0 Å². The zero-order valence-corrected chi connectivity index (χ0v) is 5.62. The molecule has 0 aliphatic carbocycles. The molecule has 0 aromatic rings. The standard InChI is InChI=1S/C6H10OS/c7-3-1-2-6-4-8-5-6/h3,6H,1-2,4-5H2. The van der Waals surface area contributed by atoms with Crippen LogP contribution in [0.4, 0.5) is 0 Å². The average molecular weight is 130 g/mol. The third-order valence-corrected chi connectivity index (χ3v) is 2.81. The van der Waals surface area contributed by atoms with Crippen molar-refractivity contribution in [2.45, 2.75) is 12.8 Å². The highest BCUT2D eigenvalue weighted by atomic mass is 32.2. The molecule has 1 nitrogen and oxygen atoms in total. The third-order valence-electron chi connectivity index (χ3n) is 1.40. The highest BCUT2D eigenvalue weighted by molar-refractivity contribution is 8.00. The van der Waals surface area contributed by atoms with Crippen LogP contribution in [0.5, 0.6) is 0 Å². The minimum atomic E-state index is 0.769. The van der Waals surface area contributed by atoms with E-state index >= 15 is 0 Å². The summed E-state index contributed by atoms with van der Waals surface area (Å²) in [5.41, 5.74) is 0. The Balaban J connectivity index is 1.93. The van der Waals surface area contributed by atoms with Crippen LogP contribution in [0.25, 0.3) is 0 Å². The van der Waals surface area contributed by atoms with Crippen LogP contribution in [0.15, 0.2) is 0 Å². The normalized spacial score (nSPS) is 20.0. The number of aldehydes is 1. The van der Waals surface area contributed by atoms with Crippen molar-refractivity contribution in [3.8, 4) is 0 Å². The first-order valence-electron chi connectivity index (χ1n) is 2.95. The number of thioether (sulfide) groups is 1. The topological polar surface area (TPSA) is 17.1 Å². The highest BCUT2D eigenvalue weighted by Gasteiger charge is 2.16. The summed E-state index contributed by atoms with van der Waals surface area (Å²) in [6.07, 6.45) is 2.91. The van der Waals surface area contributed by atoms with Gasteiger partial charge in [0.05, 0.1) is 0 Å². The molecule has 8 heavy (non-hydrogen) atoms. The highest BCUT2D eigenvalue weighted by Crippen LogP contribution is 2.27. The SMILES string of the molecule is O=CCCC1CSC1. The maximum absolute atomic E-state index is 9.84. The van der Waals surface area contributed by atoms with Gasteiger partial charge in [0.15, 0.2) is 0 Å². The molecule has 2 heteroatoms. The van der Waals surface area contributed by atoms with E-state index in [9.17, 15) is 4.79 Å². The maximum Gasteiger partial charge on any atom is 0.120 e. The first-order chi connectivity index (χ1) is 3.93. The molecule has 46 valence electrons. The van der Waals surface area contributed by atoms with Gasteiger partial charge in [-0.05, 0) is 23.8 Å². The molecular weight excluding hydrogens is 120 g/mol. The summed E-state index contributed by atoms with van der Waals surface area (Å²) in [4.78, 5) is 9.84. The van der Waals surface area contributed by atoms with Gasteiger partial charge >= 0.3 is 0 Å². The average Bonchev–Trinajstić information content (AvgIpc) is 1.63. The lowest BCUT2D eigenvalue weighted by molar-refractivity contribution is -0.108. The predicted octanol–water partition coefficient (Wildman–Crippen LogP) is 1.33. The summed E-state index contributed by atoms with van der Waals surface area (Å²) < 4.78 is 0. The Labute approximate surface area is 53.8 Å². The van der Waals surface area contributed by atoms with Crippen molar-refractivity contribution in [2.24, 2.45) is 5.92 Å². The summed E-state index contributed by atoms with van der Waals surface area (Å²) in [5, 5.41) is 0.